The van der Waals surface area contributed by atoms with Crippen molar-refractivity contribution in [3.05, 3.63) is 54.5 Å². The van der Waals surface area contributed by atoms with Crippen LogP contribution in [0.15, 0.2) is 48.8 Å². The van der Waals surface area contributed by atoms with Crippen LogP contribution in [0.3, 0.4) is 0 Å². The van der Waals surface area contributed by atoms with Crippen molar-refractivity contribution in [1.82, 2.24) is 15.0 Å². The van der Waals surface area contributed by atoms with E-state index in [0.29, 0.717) is 5.92 Å². The standard InChI is InChI=1S/C20H22N6/c21-16-7-10-25(13-16)20-19(22-8-9-23-20)15-11-26(12-15)18-6-5-14-3-1-2-4-17(14)24-18/h1-6,8-9,15-16H,7,10-13,21H2/t16-/m0/s1. The van der Waals surface area contributed by atoms with Gasteiger partial charge in [-0.05, 0) is 24.6 Å². The molecule has 0 amide bonds. The predicted molar refractivity (Wildman–Crippen MR) is 104 cm³/mol. The van der Waals surface area contributed by atoms with E-state index in [1.807, 2.05) is 12.1 Å². The minimum Gasteiger partial charge on any atom is -0.355 e. The van der Waals surface area contributed by atoms with Gasteiger partial charge < -0.3 is 15.5 Å². The number of hydrogen-bond acceptors (Lipinski definition) is 6. The zero-order valence-corrected chi connectivity index (χ0v) is 14.6. The summed E-state index contributed by atoms with van der Waals surface area (Å²) in [7, 11) is 0. The average molecular weight is 346 g/mol. The molecule has 4 heterocycles. The number of nitrogens with zero attached hydrogens (tertiary/aromatic N) is 5. The molecule has 2 aliphatic rings. The Labute approximate surface area is 152 Å². The van der Waals surface area contributed by atoms with Crippen LogP contribution in [0.5, 0.6) is 0 Å². The van der Waals surface area contributed by atoms with Crippen LogP contribution in [-0.4, -0.2) is 47.2 Å². The maximum Gasteiger partial charge on any atom is 0.150 e. The first-order valence-electron chi connectivity index (χ1n) is 9.20. The van der Waals surface area contributed by atoms with Gasteiger partial charge in [0.25, 0.3) is 0 Å². The van der Waals surface area contributed by atoms with Crippen molar-refractivity contribution in [3.63, 3.8) is 0 Å². The van der Waals surface area contributed by atoms with E-state index in [4.69, 9.17) is 10.7 Å². The normalized spacial score (nSPS) is 20.6. The summed E-state index contributed by atoms with van der Waals surface area (Å²) in [4.78, 5) is 18.7. The molecule has 2 aromatic heterocycles. The maximum atomic E-state index is 6.07. The van der Waals surface area contributed by atoms with E-state index in [2.05, 4.69) is 44.0 Å². The van der Waals surface area contributed by atoms with E-state index in [-0.39, 0.29) is 6.04 Å². The number of nitrogens with two attached hydrogens (primary N) is 1. The van der Waals surface area contributed by atoms with Crippen LogP contribution in [-0.2, 0) is 0 Å². The molecule has 26 heavy (non-hydrogen) atoms. The Morgan fingerprint density at radius 1 is 0.923 bits per heavy atom. The number of anilines is 2. The van der Waals surface area contributed by atoms with Crippen LogP contribution in [0.4, 0.5) is 11.6 Å². The third kappa shape index (κ3) is 2.66. The second-order valence-corrected chi connectivity index (χ2v) is 7.22. The van der Waals surface area contributed by atoms with Crippen LogP contribution >= 0.6 is 0 Å². The summed E-state index contributed by atoms with van der Waals surface area (Å²) in [5.74, 6) is 2.44. The minimum atomic E-state index is 0.240. The lowest BCUT2D eigenvalue weighted by molar-refractivity contribution is 0.507. The Hall–Kier alpha value is -2.73. The molecule has 2 N–H and O–H groups in total. The van der Waals surface area contributed by atoms with Gasteiger partial charge in [-0.3, -0.25) is 4.98 Å². The number of para-hydroxylation sites is 1. The summed E-state index contributed by atoms with van der Waals surface area (Å²) in [6.45, 7) is 3.69. The highest BCUT2D eigenvalue weighted by atomic mass is 15.3. The second-order valence-electron chi connectivity index (χ2n) is 7.22. The van der Waals surface area contributed by atoms with Gasteiger partial charge in [-0.25, -0.2) is 9.97 Å². The van der Waals surface area contributed by atoms with E-state index < -0.39 is 0 Å². The van der Waals surface area contributed by atoms with Gasteiger partial charge in [0, 0.05) is 55.9 Å². The average Bonchev–Trinajstić information content (AvgIpc) is 3.07. The molecule has 0 bridgehead atoms. The first-order chi connectivity index (χ1) is 12.8. The van der Waals surface area contributed by atoms with Gasteiger partial charge in [0.15, 0.2) is 5.82 Å². The molecule has 0 spiro atoms. The topological polar surface area (TPSA) is 71.2 Å². The van der Waals surface area contributed by atoms with Crippen molar-refractivity contribution in [2.45, 2.75) is 18.4 Å². The van der Waals surface area contributed by atoms with E-state index in [0.717, 1.165) is 55.4 Å². The molecule has 2 saturated heterocycles. The van der Waals surface area contributed by atoms with Crippen molar-refractivity contribution in [3.8, 4) is 0 Å². The van der Waals surface area contributed by atoms with Gasteiger partial charge in [-0.15, -0.1) is 0 Å². The fraction of sp³-hybridized carbons (Fsp3) is 0.350. The molecule has 0 saturated carbocycles. The lowest BCUT2D eigenvalue weighted by Crippen LogP contribution is -2.46. The largest absolute Gasteiger partial charge is 0.355 e. The zero-order chi connectivity index (χ0) is 17.5. The lowest BCUT2D eigenvalue weighted by atomic mass is 9.95. The van der Waals surface area contributed by atoms with Crippen LogP contribution in [0.25, 0.3) is 10.9 Å². The molecule has 0 unspecified atom stereocenters. The number of hydrogen-bond donors (Lipinski definition) is 1. The summed E-state index contributed by atoms with van der Waals surface area (Å²) in [6, 6.07) is 12.7. The summed E-state index contributed by atoms with van der Waals surface area (Å²) in [5.41, 5.74) is 8.21. The number of pyridine rings is 1. The first-order valence-corrected chi connectivity index (χ1v) is 9.20. The van der Waals surface area contributed by atoms with Crippen molar-refractivity contribution >= 4 is 22.5 Å². The molecule has 132 valence electrons. The lowest BCUT2D eigenvalue weighted by Gasteiger charge is -2.40. The highest BCUT2D eigenvalue weighted by Gasteiger charge is 2.34. The summed E-state index contributed by atoms with van der Waals surface area (Å²) in [6.07, 6.45) is 4.60. The Morgan fingerprint density at radius 2 is 1.77 bits per heavy atom. The van der Waals surface area contributed by atoms with Gasteiger partial charge in [0.05, 0.1) is 11.2 Å². The molecule has 6 nitrogen and oxygen atoms in total. The molecular weight excluding hydrogens is 324 g/mol. The number of benzene rings is 1. The van der Waals surface area contributed by atoms with Crippen molar-refractivity contribution in [1.29, 1.82) is 0 Å². The van der Waals surface area contributed by atoms with Crippen LogP contribution in [0.1, 0.15) is 18.0 Å². The number of fused-ring (bicyclic) bond motifs is 1. The Kier molecular flexibility index (Phi) is 3.71. The molecule has 1 atom stereocenters. The maximum absolute atomic E-state index is 6.07. The minimum absolute atomic E-state index is 0.240. The molecule has 0 aliphatic carbocycles. The van der Waals surface area contributed by atoms with Crippen molar-refractivity contribution in [2.24, 2.45) is 5.73 Å². The zero-order valence-electron chi connectivity index (χ0n) is 14.6. The van der Waals surface area contributed by atoms with Crippen molar-refractivity contribution in [2.75, 3.05) is 36.0 Å². The van der Waals surface area contributed by atoms with E-state index in [1.54, 1.807) is 12.4 Å². The molecule has 2 aliphatic heterocycles. The van der Waals surface area contributed by atoms with Crippen LogP contribution in [0, 0.1) is 0 Å². The van der Waals surface area contributed by atoms with E-state index >= 15 is 0 Å². The van der Waals surface area contributed by atoms with Gasteiger partial charge in [0.1, 0.15) is 5.82 Å². The number of aromatic nitrogens is 3. The highest BCUT2D eigenvalue weighted by Crippen LogP contribution is 2.34. The monoisotopic (exact) mass is 346 g/mol. The molecule has 3 aromatic rings. The van der Waals surface area contributed by atoms with Crippen LogP contribution < -0.4 is 15.5 Å². The third-order valence-electron chi connectivity index (χ3n) is 5.41. The van der Waals surface area contributed by atoms with Crippen molar-refractivity contribution < 1.29 is 0 Å². The summed E-state index contributed by atoms with van der Waals surface area (Å²) >= 11 is 0. The highest BCUT2D eigenvalue weighted by molar-refractivity contribution is 5.80. The SMILES string of the molecule is N[C@H]1CCN(c2nccnc2C2CN(c3ccc4ccccc4n3)C2)C1. The Morgan fingerprint density at radius 3 is 2.62 bits per heavy atom. The molecule has 6 heteroatoms. The molecular formula is C20H22N6. The van der Waals surface area contributed by atoms with E-state index in [9.17, 15) is 0 Å². The smallest absolute Gasteiger partial charge is 0.150 e. The predicted octanol–water partition coefficient (Wildman–Crippen LogP) is 2.17. The molecule has 1 aromatic carbocycles. The quantitative estimate of drug-likeness (QED) is 0.784. The number of rotatable bonds is 3. The van der Waals surface area contributed by atoms with E-state index in [1.165, 1.54) is 5.39 Å². The molecule has 0 radical (unpaired) electrons. The third-order valence-corrected chi connectivity index (χ3v) is 5.41. The van der Waals surface area contributed by atoms with Gasteiger partial charge >= 0.3 is 0 Å². The van der Waals surface area contributed by atoms with Gasteiger partial charge in [-0.1, -0.05) is 18.2 Å². The molecule has 5 rings (SSSR count). The van der Waals surface area contributed by atoms with Gasteiger partial charge in [-0.2, -0.15) is 0 Å². The summed E-state index contributed by atoms with van der Waals surface area (Å²) < 4.78 is 0. The summed E-state index contributed by atoms with van der Waals surface area (Å²) in [5, 5.41) is 1.18. The molecule has 2 fully saturated rings. The van der Waals surface area contributed by atoms with Gasteiger partial charge in [0.2, 0.25) is 0 Å². The second kappa shape index (κ2) is 6.21. The Bertz CT molecular complexity index is 936. The first kappa shape index (κ1) is 15.5. The fourth-order valence-electron chi connectivity index (χ4n) is 3.92. The Balaban J connectivity index is 1.35. The fourth-order valence-corrected chi connectivity index (χ4v) is 3.92. The van der Waals surface area contributed by atoms with Crippen LogP contribution in [0.2, 0.25) is 0 Å².